The number of hydrogen-bond acceptors (Lipinski definition) is 1. The Bertz CT molecular complexity index is 904. The minimum Gasteiger partial charge on any atom is -0.352 e. The van der Waals surface area contributed by atoms with E-state index >= 15 is 0 Å². The molecule has 0 saturated heterocycles. The highest BCUT2D eigenvalue weighted by molar-refractivity contribution is 9.10. The predicted molar refractivity (Wildman–Crippen MR) is 82.4 cm³/mol. The van der Waals surface area contributed by atoms with Crippen LogP contribution in [0.4, 0.5) is 8.78 Å². The van der Waals surface area contributed by atoms with Crippen molar-refractivity contribution in [3.63, 3.8) is 0 Å². The number of H-pyrrole nitrogens is 1. The van der Waals surface area contributed by atoms with Gasteiger partial charge in [-0.1, -0.05) is 30.3 Å². The summed E-state index contributed by atoms with van der Waals surface area (Å²) >= 11 is 2.92. The molecule has 21 heavy (non-hydrogen) atoms. The van der Waals surface area contributed by atoms with Crippen molar-refractivity contribution in [3.05, 3.63) is 68.3 Å². The third-order valence-electron chi connectivity index (χ3n) is 3.43. The predicted octanol–water partition coefficient (Wildman–Crippen LogP) is 4.54. The van der Waals surface area contributed by atoms with E-state index in [9.17, 15) is 13.6 Å². The summed E-state index contributed by atoms with van der Waals surface area (Å²) in [6, 6.07) is 10.1. The molecule has 0 aliphatic heterocycles. The van der Waals surface area contributed by atoms with Crippen molar-refractivity contribution < 1.29 is 8.78 Å². The first-order chi connectivity index (χ1) is 10.0. The molecule has 3 rings (SSSR count). The maximum absolute atomic E-state index is 14.1. The normalized spacial score (nSPS) is 11.0. The number of fused-ring (bicyclic) bond motifs is 1. The molecule has 2 aromatic carbocycles. The standard InChI is InChI=1S/C16H10BrF2NO/c1-8-14(9-5-3-2-4-6-9)20-15-11(18)7-10(17)13(19)12(15)16(8)21/h2-7H,1H3,(H,20,21). The molecule has 0 atom stereocenters. The van der Waals surface area contributed by atoms with Crippen LogP contribution in [0.1, 0.15) is 5.56 Å². The molecular weight excluding hydrogens is 340 g/mol. The molecule has 1 N–H and O–H groups in total. The lowest BCUT2D eigenvalue weighted by Crippen LogP contribution is -2.12. The summed E-state index contributed by atoms with van der Waals surface area (Å²) < 4.78 is 28.1. The van der Waals surface area contributed by atoms with Gasteiger partial charge in [-0.3, -0.25) is 4.79 Å². The molecule has 0 aliphatic rings. The molecule has 0 aliphatic carbocycles. The molecule has 0 saturated carbocycles. The summed E-state index contributed by atoms with van der Waals surface area (Å²) in [5.74, 6) is -1.43. The smallest absolute Gasteiger partial charge is 0.196 e. The molecule has 0 unspecified atom stereocenters. The van der Waals surface area contributed by atoms with Gasteiger partial charge in [-0.15, -0.1) is 0 Å². The molecule has 0 amide bonds. The van der Waals surface area contributed by atoms with E-state index in [1.807, 2.05) is 18.2 Å². The maximum atomic E-state index is 14.1. The van der Waals surface area contributed by atoms with E-state index in [-0.39, 0.29) is 15.4 Å². The Morgan fingerprint density at radius 1 is 1.14 bits per heavy atom. The van der Waals surface area contributed by atoms with Crippen molar-refractivity contribution in [1.29, 1.82) is 0 Å². The van der Waals surface area contributed by atoms with Crippen molar-refractivity contribution in [3.8, 4) is 11.3 Å². The summed E-state index contributed by atoms with van der Waals surface area (Å²) in [5.41, 5.74) is 0.959. The van der Waals surface area contributed by atoms with Gasteiger partial charge in [-0.2, -0.15) is 0 Å². The Morgan fingerprint density at radius 3 is 2.48 bits per heavy atom. The summed E-state index contributed by atoms with van der Waals surface area (Å²) in [4.78, 5) is 15.3. The second kappa shape index (κ2) is 5.07. The monoisotopic (exact) mass is 349 g/mol. The number of aromatic nitrogens is 1. The van der Waals surface area contributed by atoms with Gasteiger partial charge in [0.1, 0.15) is 5.82 Å². The van der Waals surface area contributed by atoms with Gasteiger partial charge in [-0.05, 0) is 34.5 Å². The Hall–Kier alpha value is -2.01. The van der Waals surface area contributed by atoms with Gasteiger partial charge in [0.05, 0.1) is 21.1 Å². The fourth-order valence-corrected chi connectivity index (χ4v) is 2.74. The zero-order valence-corrected chi connectivity index (χ0v) is 12.6. The molecular formula is C16H10BrF2NO. The molecule has 0 radical (unpaired) electrons. The highest BCUT2D eigenvalue weighted by Gasteiger charge is 2.18. The third kappa shape index (κ3) is 2.17. The van der Waals surface area contributed by atoms with E-state index < -0.39 is 17.1 Å². The third-order valence-corrected chi connectivity index (χ3v) is 4.00. The number of benzene rings is 2. The van der Waals surface area contributed by atoms with E-state index in [0.717, 1.165) is 11.6 Å². The molecule has 0 fully saturated rings. The summed E-state index contributed by atoms with van der Waals surface area (Å²) in [6.07, 6.45) is 0. The minimum absolute atomic E-state index is 0.0649. The number of aromatic amines is 1. The van der Waals surface area contributed by atoms with Crippen LogP contribution in [0.2, 0.25) is 0 Å². The first-order valence-electron chi connectivity index (χ1n) is 6.26. The Balaban J connectivity index is 2.47. The quantitative estimate of drug-likeness (QED) is 0.642. The summed E-state index contributed by atoms with van der Waals surface area (Å²) in [5, 5.41) is -0.265. The lowest BCUT2D eigenvalue weighted by Gasteiger charge is -2.10. The number of nitrogens with one attached hydrogen (secondary N) is 1. The highest BCUT2D eigenvalue weighted by Crippen LogP contribution is 2.28. The van der Waals surface area contributed by atoms with Crippen molar-refractivity contribution in [2.24, 2.45) is 0 Å². The van der Waals surface area contributed by atoms with Gasteiger partial charge in [0.15, 0.2) is 11.2 Å². The summed E-state index contributed by atoms with van der Waals surface area (Å²) in [6.45, 7) is 1.60. The van der Waals surface area contributed by atoms with Gasteiger partial charge in [0.25, 0.3) is 0 Å². The molecule has 1 aromatic heterocycles. The second-order valence-corrected chi connectivity index (χ2v) is 5.58. The van der Waals surface area contributed by atoms with Gasteiger partial charge < -0.3 is 4.98 Å². The number of halogens is 3. The van der Waals surface area contributed by atoms with E-state index in [1.165, 1.54) is 0 Å². The van der Waals surface area contributed by atoms with Crippen LogP contribution < -0.4 is 5.43 Å². The lowest BCUT2D eigenvalue weighted by atomic mass is 10.0. The number of rotatable bonds is 1. The van der Waals surface area contributed by atoms with E-state index in [4.69, 9.17) is 0 Å². The largest absolute Gasteiger partial charge is 0.352 e. The van der Waals surface area contributed by atoms with E-state index in [2.05, 4.69) is 20.9 Å². The van der Waals surface area contributed by atoms with Crippen LogP contribution in [0.5, 0.6) is 0 Å². The van der Waals surface area contributed by atoms with Crippen molar-refractivity contribution in [2.75, 3.05) is 0 Å². The second-order valence-electron chi connectivity index (χ2n) is 4.72. The Kier molecular flexibility index (Phi) is 3.37. The first kappa shape index (κ1) is 13.9. The molecule has 2 nitrogen and oxygen atoms in total. The molecule has 0 spiro atoms. The molecule has 1 heterocycles. The Labute approximate surface area is 127 Å². The summed E-state index contributed by atoms with van der Waals surface area (Å²) in [7, 11) is 0. The van der Waals surface area contributed by atoms with Crippen molar-refractivity contribution in [2.45, 2.75) is 6.92 Å². The average Bonchev–Trinajstić information content (AvgIpc) is 2.48. The molecule has 106 valence electrons. The molecule has 5 heteroatoms. The average molecular weight is 350 g/mol. The van der Waals surface area contributed by atoms with E-state index in [1.54, 1.807) is 19.1 Å². The van der Waals surface area contributed by atoms with Crippen LogP contribution in [-0.4, -0.2) is 4.98 Å². The number of pyridine rings is 1. The van der Waals surface area contributed by atoms with E-state index in [0.29, 0.717) is 11.3 Å². The number of hydrogen-bond donors (Lipinski definition) is 1. The minimum atomic E-state index is -0.754. The van der Waals surface area contributed by atoms with Gasteiger partial charge in [0.2, 0.25) is 0 Å². The zero-order chi connectivity index (χ0) is 15.1. The van der Waals surface area contributed by atoms with Crippen LogP contribution in [0.15, 0.2) is 45.7 Å². The fourth-order valence-electron chi connectivity index (χ4n) is 2.34. The van der Waals surface area contributed by atoms with Gasteiger partial charge in [-0.25, -0.2) is 8.78 Å². The lowest BCUT2D eigenvalue weighted by molar-refractivity contribution is 0.609. The molecule has 3 aromatic rings. The van der Waals surface area contributed by atoms with Crippen LogP contribution in [0, 0.1) is 18.6 Å². The van der Waals surface area contributed by atoms with Crippen LogP contribution >= 0.6 is 15.9 Å². The zero-order valence-electron chi connectivity index (χ0n) is 11.0. The van der Waals surface area contributed by atoms with Crippen molar-refractivity contribution in [1.82, 2.24) is 4.98 Å². The highest BCUT2D eigenvalue weighted by atomic mass is 79.9. The van der Waals surface area contributed by atoms with Crippen LogP contribution in [0.3, 0.4) is 0 Å². The van der Waals surface area contributed by atoms with Crippen molar-refractivity contribution >= 4 is 26.8 Å². The van der Waals surface area contributed by atoms with Crippen LogP contribution in [0.25, 0.3) is 22.2 Å². The SMILES string of the molecule is Cc1c(-c2ccccc2)[nH]c2c(F)cc(Br)c(F)c2c1=O. The first-order valence-corrected chi connectivity index (χ1v) is 7.05. The Morgan fingerprint density at radius 2 is 1.81 bits per heavy atom. The maximum Gasteiger partial charge on any atom is 0.196 e. The topological polar surface area (TPSA) is 32.9 Å². The van der Waals surface area contributed by atoms with Gasteiger partial charge >= 0.3 is 0 Å². The fraction of sp³-hybridized carbons (Fsp3) is 0.0625. The van der Waals surface area contributed by atoms with Crippen LogP contribution in [-0.2, 0) is 0 Å². The molecule has 0 bridgehead atoms. The van der Waals surface area contributed by atoms with Gasteiger partial charge in [0, 0.05) is 5.56 Å².